The van der Waals surface area contributed by atoms with Crippen LogP contribution >= 0.6 is 11.3 Å². The summed E-state index contributed by atoms with van der Waals surface area (Å²) in [6, 6.07) is 13.3. The van der Waals surface area contributed by atoms with Gasteiger partial charge in [0, 0.05) is 23.9 Å². The Bertz CT molecular complexity index is 1260. The van der Waals surface area contributed by atoms with E-state index in [-0.39, 0.29) is 11.7 Å². The molecule has 8 heteroatoms. The Kier molecular flexibility index (Phi) is 7.59. The summed E-state index contributed by atoms with van der Waals surface area (Å²) in [6.45, 7) is 1.00. The van der Waals surface area contributed by atoms with Crippen LogP contribution < -0.4 is 20.0 Å². The minimum absolute atomic E-state index is 0.0844. The second kappa shape index (κ2) is 10.8. The van der Waals surface area contributed by atoms with Crippen molar-refractivity contribution < 1.29 is 19.1 Å². The Labute approximate surface area is 202 Å². The topological polar surface area (TPSA) is 95.9 Å². The highest BCUT2D eigenvalue weighted by Crippen LogP contribution is 2.28. The number of aromatic nitrogens is 1. The number of methoxy groups -OCH3 is 2. The highest BCUT2D eigenvalue weighted by molar-refractivity contribution is 7.07. The van der Waals surface area contributed by atoms with E-state index in [2.05, 4.69) is 17.1 Å². The van der Waals surface area contributed by atoms with E-state index in [1.165, 1.54) is 29.6 Å². The molecule has 0 spiro atoms. The summed E-state index contributed by atoms with van der Waals surface area (Å²) in [5.41, 5.74) is 9.24. The average molecular weight is 480 g/mol. The van der Waals surface area contributed by atoms with E-state index < -0.39 is 5.91 Å². The summed E-state index contributed by atoms with van der Waals surface area (Å²) < 4.78 is 12.4. The lowest BCUT2D eigenvalue weighted by Crippen LogP contribution is -2.28. The molecule has 1 aliphatic rings. The van der Waals surface area contributed by atoms with Crippen molar-refractivity contribution in [1.82, 2.24) is 4.57 Å². The van der Waals surface area contributed by atoms with Gasteiger partial charge in [0.15, 0.2) is 10.6 Å². The normalized spacial score (nSPS) is 15.6. The molecule has 34 heavy (non-hydrogen) atoms. The quantitative estimate of drug-likeness (QED) is 0.498. The van der Waals surface area contributed by atoms with Gasteiger partial charge in [0.2, 0.25) is 0 Å². The fraction of sp³-hybridized carbons (Fsp3) is 0.346. The first kappa shape index (κ1) is 23.9. The van der Waals surface area contributed by atoms with Gasteiger partial charge in [-0.25, -0.2) is 0 Å². The molecule has 1 unspecified atom stereocenters. The second-order valence-corrected chi connectivity index (χ2v) is 9.09. The zero-order chi connectivity index (χ0) is 24.1. The number of aryl methyl sites for hydroxylation is 1. The lowest BCUT2D eigenvalue weighted by molar-refractivity contribution is 0.0896. The minimum atomic E-state index is -0.437. The van der Waals surface area contributed by atoms with Crippen LogP contribution in [0.5, 0.6) is 11.5 Å². The van der Waals surface area contributed by atoms with Gasteiger partial charge in [-0.15, -0.1) is 11.3 Å². The summed E-state index contributed by atoms with van der Waals surface area (Å²) in [5.74, 6) is 0.547. The molecule has 1 aliphatic carbocycles. The zero-order valence-corrected chi connectivity index (χ0v) is 20.3. The number of rotatable bonds is 8. The number of ether oxygens (including phenoxy) is 2. The first-order chi connectivity index (χ1) is 16.5. The summed E-state index contributed by atoms with van der Waals surface area (Å²) in [5, 5.41) is 1.82. The summed E-state index contributed by atoms with van der Waals surface area (Å²) in [7, 11) is 3.05. The third kappa shape index (κ3) is 4.98. The molecule has 3 aromatic rings. The first-order valence-electron chi connectivity index (χ1n) is 11.4. The van der Waals surface area contributed by atoms with E-state index in [1.54, 1.807) is 25.3 Å². The van der Waals surface area contributed by atoms with Gasteiger partial charge in [-0.05, 0) is 55.5 Å². The monoisotopic (exact) mass is 479 g/mol. The van der Waals surface area contributed by atoms with Crippen molar-refractivity contribution in [3.8, 4) is 11.5 Å². The van der Waals surface area contributed by atoms with Crippen molar-refractivity contribution in [3.05, 3.63) is 75.0 Å². The van der Waals surface area contributed by atoms with Crippen molar-refractivity contribution in [2.45, 2.75) is 32.2 Å². The molecule has 1 aromatic heterocycles. The van der Waals surface area contributed by atoms with E-state index in [9.17, 15) is 9.59 Å². The van der Waals surface area contributed by atoms with Gasteiger partial charge < -0.3 is 19.8 Å². The fourth-order valence-corrected chi connectivity index (χ4v) is 5.25. The maximum atomic E-state index is 13.5. The number of amides is 1. The maximum absolute atomic E-state index is 13.5. The smallest absolute Gasteiger partial charge is 0.283 e. The number of benzene rings is 2. The highest BCUT2D eigenvalue weighted by Gasteiger charge is 2.28. The summed E-state index contributed by atoms with van der Waals surface area (Å²) in [6.07, 6.45) is 3.12. The molecule has 2 N–H and O–H groups in total. The number of hydrogen-bond acceptors (Lipinski definition) is 6. The zero-order valence-electron chi connectivity index (χ0n) is 19.5. The number of fused-ring (bicyclic) bond motifs is 1. The number of carbonyl (C=O) groups excluding carboxylic acids is 2. The van der Waals surface area contributed by atoms with Gasteiger partial charge >= 0.3 is 0 Å². The first-order valence-corrected chi connectivity index (χ1v) is 12.2. The molecule has 178 valence electrons. The predicted molar refractivity (Wildman–Crippen MR) is 132 cm³/mol. The van der Waals surface area contributed by atoms with Crippen LogP contribution in [0, 0.1) is 5.92 Å². The van der Waals surface area contributed by atoms with Gasteiger partial charge in [-0.1, -0.05) is 24.3 Å². The Morgan fingerprint density at radius 2 is 1.94 bits per heavy atom. The van der Waals surface area contributed by atoms with Crippen LogP contribution in [0.2, 0.25) is 0 Å². The highest BCUT2D eigenvalue weighted by atomic mass is 32.1. The van der Waals surface area contributed by atoms with Crippen molar-refractivity contribution >= 4 is 23.0 Å². The molecule has 7 nitrogen and oxygen atoms in total. The van der Waals surface area contributed by atoms with E-state index in [1.807, 2.05) is 22.1 Å². The van der Waals surface area contributed by atoms with Crippen LogP contribution in [0.25, 0.3) is 0 Å². The number of nitrogens with zero attached hydrogens (tertiary/aromatic N) is 2. The van der Waals surface area contributed by atoms with E-state index >= 15 is 0 Å². The third-order valence-corrected chi connectivity index (χ3v) is 7.05. The molecule has 1 atom stereocenters. The van der Waals surface area contributed by atoms with Gasteiger partial charge in [-0.2, -0.15) is 4.99 Å². The molecule has 1 amide bonds. The third-order valence-electron chi connectivity index (χ3n) is 6.19. The summed E-state index contributed by atoms with van der Waals surface area (Å²) >= 11 is 1.30. The fourth-order valence-electron chi connectivity index (χ4n) is 4.34. The lowest BCUT2D eigenvalue weighted by Gasteiger charge is -2.23. The molecule has 0 radical (unpaired) electrons. The van der Waals surface area contributed by atoms with Crippen LogP contribution in [0.15, 0.2) is 52.8 Å². The maximum Gasteiger partial charge on any atom is 0.283 e. The predicted octanol–water partition coefficient (Wildman–Crippen LogP) is 3.64. The van der Waals surface area contributed by atoms with Gasteiger partial charge in [-0.3, -0.25) is 9.59 Å². The Morgan fingerprint density at radius 1 is 1.15 bits per heavy atom. The molecule has 0 fully saturated rings. The van der Waals surface area contributed by atoms with Gasteiger partial charge in [0.25, 0.3) is 5.91 Å². The number of Topliss-reactive ketones (excluding diaryl/α,β-unsaturated/α-hetero) is 1. The number of thiazole rings is 1. The molecule has 0 saturated heterocycles. The van der Waals surface area contributed by atoms with Crippen LogP contribution in [-0.2, 0) is 19.4 Å². The van der Waals surface area contributed by atoms with Crippen molar-refractivity contribution in [3.63, 3.8) is 0 Å². The molecular formula is C26H29N3O4S. The number of nitrogens with two attached hydrogens (primary N) is 1. The largest absolute Gasteiger partial charge is 0.497 e. The molecule has 1 heterocycles. The Morgan fingerprint density at radius 3 is 2.68 bits per heavy atom. The van der Waals surface area contributed by atoms with Crippen molar-refractivity contribution in [1.29, 1.82) is 0 Å². The number of ketones is 1. The molecule has 0 aliphatic heterocycles. The average Bonchev–Trinajstić information content (AvgIpc) is 3.28. The van der Waals surface area contributed by atoms with Crippen LogP contribution in [-0.4, -0.2) is 37.0 Å². The molecule has 4 rings (SSSR count). The van der Waals surface area contributed by atoms with Crippen molar-refractivity contribution in [2.75, 3.05) is 20.8 Å². The molecule has 0 bridgehead atoms. The second-order valence-electron chi connectivity index (χ2n) is 8.25. The SMILES string of the molecule is COc1ccc(C(=O)N=c2scc(C(=O)C3CCc4ccccc4C3)n2CCCN)c(OC)c1. The van der Waals surface area contributed by atoms with Crippen molar-refractivity contribution in [2.24, 2.45) is 16.6 Å². The number of carbonyl (C=O) groups is 2. The van der Waals surface area contributed by atoms with E-state index in [0.717, 1.165) is 19.3 Å². The Balaban J connectivity index is 1.66. The molecule has 2 aromatic carbocycles. The van der Waals surface area contributed by atoms with Crippen LogP contribution in [0.3, 0.4) is 0 Å². The van der Waals surface area contributed by atoms with Crippen LogP contribution in [0.1, 0.15) is 44.8 Å². The van der Waals surface area contributed by atoms with Gasteiger partial charge in [0.1, 0.15) is 11.5 Å². The molecular weight excluding hydrogens is 450 g/mol. The standard InChI is InChI=1S/C26H29N3O4S/c1-32-20-10-11-21(23(15-20)33-2)25(31)28-26-29(13-5-12-27)22(16-34-26)24(30)19-9-8-17-6-3-4-7-18(17)14-19/h3-4,6-7,10-11,15-16,19H,5,8-9,12-14,27H2,1-2H3. The Hall–Kier alpha value is -3.23. The van der Waals surface area contributed by atoms with E-state index in [4.69, 9.17) is 15.2 Å². The lowest BCUT2D eigenvalue weighted by atomic mass is 9.81. The van der Waals surface area contributed by atoms with Crippen LogP contribution in [0.4, 0.5) is 0 Å². The van der Waals surface area contributed by atoms with E-state index in [0.29, 0.717) is 47.1 Å². The molecule has 0 saturated carbocycles. The minimum Gasteiger partial charge on any atom is -0.497 e. The summed E-state index contributed by atoms with van der Waals surface area (Å²) in [4.78, 5) is 31.4. The van der Waals surface area contributed by atoms with Gasteiger partial charge in [0.05, 0.1) is 25.5 Å². The number of hydrogen-bond donors (Lipinski definition) is 1.